The Balaban J connectivity index is 1.92. The van der Waals surface area contributed by atoms with Gasteiger partial charge in [-0.15, -0.1) is 0 Å². The first-order chi connectivity index (χ1) is 12.9. The van der Waals surface area contributed by atoms with Gasteiger partial charge in [-0.1, -0.05) is 42.5 Å². The molecule has 0 aromatic heterocycles. The van der Waals surface area contributed by atoms with Crippen LogP contribution in [0.15, 0.2) is 60.7 Å². The van der Waals surface area contributed by atoms with Crippen molar-refractivity contribution < 1.29 is 14.6 Å². The summed E-state index contributed by atoms with van der Waals surface area (Å²) in [4.78, 5) is 33.0. The molecule has 0 spiro atoms. The predicted molar refractivity (Wildman–Crippen MR) is 99.6 cm³/mol. The van der Waals surface area contributed by atoms with E-state index in [9.17, 15) is 25.0 Å². The molecule has 0 bridgehead atoms. The summed E-state index contributed by atoms with van der Waals surface area (Å²) in [5, 5.41) is 26.7. The molecule has 1 amide bonds. The van der Waals surface area contributed by atoms with Gasteiger partial charge in [0.15, 0.2) is 0 Å². The van der Waals surface area contributed by atoms with Gasteiger partial charge in [-0.2, -0.15) is 0 Å². The number of carbonyl (C=O) groups excluding carboxylic acids is 1. The topological polar surface area (TPSA) is 115 Å². The molecule has 3 aromatic rings. The van der Waals surface area contributed by atoms with Gasteiger partial charge in [0.25, 0.3) is 17.3 Å². The highest BCUT2D eigenvalue weighted by molar-refractivity contribution is 5.96. The molecule has 0 aliphatic heterocycles. The number of benzene rings is 3. The second-order valence-corrected chi connectivity index (χ2v) is 6.02. The van der Waals surface area contributed by atoms with Gasteiger partial charge in [0, 0.05) is 12.1 Å². The molecule has 0 heterocycles. The molecular formula is C19H15N3O5. The summed E-state index contributed by atoms with van der Waals surface area (Å²) in [6.07, 6.45) is 0. The van der Waals surface area contributed by atoms with Crippen LogP contribution in [0, 0.1) is 20.2 Å². The lowest BCUT2D eigenvalue weighted by molar-refractivity contribution is -0.394. The van der Waals surface area contributed by atoms with Crippen LogP contribution in [-0.4, -0.2) is 15.8 Å². The van der Waals surface area contributed by atoms with Crippen LogP contribution in [0.5, 0.6) is 0 Å². The van der Waals surface area contributed by atoms with Crippen LogP contribution in [0.1, 0.15) is 28.9 Å². The van der Waals surface area contributed by atoms with Crippen LogP contribution in [0.25, 0.3) is 10.8 Å². The Morgan fingerprint density at radius 2 is 1.52 bits per heavy atom. The number of nitro benzene ring substituents is 2. The van der Waals surface area contributed by atoms with E-state index >= 15 is 0 Å². The first-order valence-corrected chi connectivity index (χ1v) is 8.09. The third-order valence-electron chi connectivity index (χ3n) is 4.22. The summed E-state index contributed by atoms with van der Waals surface area (Å²) in [7, 11) is 0. The molecule has 0 unspecified atom stereocenters. The van der Waals surface area contributed by atoms with Crippen LogP contribution in [0.3, 0.4) is 0 Å². The molecule has 0 radical (unpaired) electrons. The second-order valence-electron chi connectivity index (χ2n) is 6.02. The zero-order valence-corrected chi connectivity index (χ0v) is 14.3. The quantitative estimate of drug-likeness (QED) is 0.539. The third kappa shape index (κ3) is 3.74. The molecule has 136 valence electrons. The smallest absolute Gasteiger partial charge is 0.277 e. The summed E-state index contributed by atoms with van der Waals surface area (Å²) in [5.74, 6) is -0.623. The highest BCUT2D eigenvalue weighted by atomic mass is 16.6. The molecule has 0 saturated heterocycles. The van der Waals surface area contributed by atoms with E-state index < -0.39 is 33.2 Å². The number of nitro groups is 2. The van der Waals surface area contributed by atoms with Crippen molar-refractivity contribution in [3.05, 3.63) is 92.0 Å². The zero-order valence-electron chi connectivity index (χ0n) is 14.3. The van der Waals surface area contributed by atoms with Gasteiger partial charge in [0.1, 0.15) is 0 Å². The molecule has 3 rings (SSSR count). The number of rotatable bonds is 5. The Labute approximate surface area is 153 Å². The van der Waals surface area contributed by atoms with E-state index in [-0.39, 0.29) is 5.56 Å². The van der Waals surface area contributed by atoms with Crippen molar-refractivity contribution in [1.29, 1.82) is 0 Å². The minimum Gasteiger partial charge on any atom is -0.345 e. The molecule has 0 aliphatic rings. The van der Waals surface area contributed by atoms with Crippen LogP contribution in [0.2, 0.25) is 0 Å². The van der Waals surface area contributed by atoms with Gasteiger partial charge in [0.05, 0.1) is 27.5 Å². The highest BCUT2D eigenvalue weighted by Crippen LogP contribution is 2.26. The average Bonchev–Trinajstić information content (AvgIpc) is 2.66. The van der Waals surface area contributed by atoms with Crippen molar-refractivity contribution >= 4 is 28.1 Å². The molecule has 1 N–H and O–H groups in total. The monoisotopic (exact) mass is 365 g/mol. The van der Waals surface area contributed by atoms with Gasteiger partial charge in [-0.05, 0) is 23.3 Å². The van der Waals surface area contributed by atoms with E-state index in [0.717, 1.165) is 34.5 Å². The van der Waals surface area contributed by atoms with Crippen molar-refractivity contribution in [3.8, 4) is 0 Å². The van der Waals surface area contributed by atoms with Gasteiger partial charge in [0.2, 0.25) is 0 Å². The maximum Gasteiger partial charge on any atom is 0.277 e. The Bertz CT molecular complexity index is 1030. The van der Waals surface area contributed by atoms with Crippen LogP contribution in [0.4, 0.5) is 11.4 Å². The predicted octanol–water partition coefficient (Wildman–Crippen LogP) is 4.15. The fourth-order valence-corrected chi connectivity index (χ4v) is 2.92. The van der Waals surface area contributed by atoms with Crippen LogP contribution < -0.4 is 5.32 Å². The van der Waals surface area contributed by atoms with Crippen molar-refractivity contribution in [1.82, 2.24) is 5.32 Å². The molecular weight excluding hydrogens is 350 g/mol. The van der Waals surface area contributed by atoms with Gasteiger partial charge >= 0.3 is 0 Å². The maximum absolute atomic E-state index is 12.6. The van der Waals surface area contributed by atoms with Gasteiger partial charge in [-0.3, -0.25) is 25.0 Å². The number of carbonyl (C=O) groups is 1. The van der Waals surface area contributed by atoms with E-state index in [2.05, 4.69) is 5.32 Å². The van der Waals surface area contributed by atoms with Gasteiger partial charge < -0.3 is 5.32 Å². The standard InChI is InChI=1S/C19H15N3O5/c1-12(17-8-4-6-13-5-2-3-7-18(13)17)20-19(23)14-9-15(21(24)25)11-16(10-14)22(26)27/h2-12H,1H3,(H,20,23)/t12-/m0/s1. The van der Waals surface area contributed by atoms with E-state index in [0.29, 0.717) is 0 Å². The number of hydrogen-bond acceptors (Lipinski definition) is 5. The lowest BCUT2D eigenvalue weighted by atomic mass is 9.99. The third-order valence-corrected chi connectivity index (χ3v) is 4.22. The molecule has 0 fully saturated rings. The molecule has 0 aliphatic carbocycles. The summed E-state index contributed by atoms with van der Waals surface area (Å²) < 4.78 is 0. The number of nitrogens with zero attached hydrogens (tertiary/aromatic N) is 2. The van der Waals surface area contributed by atoms with Crippen molar-refractivity contribution in [2.45, 2.75) is 13.0 Å². The first-order valence-electron chi connectivity index (χ1n) is 8.09. The van der Waals surface area contributed by atoms with Gasteiger partial charge in [-0.25, -0.2) is 0 Å². The number of hydrogen-bond donors (Lipinski definition) is 1. The highest BCUT2D eigenvalue weighted by Gasteiger charge is 2.21. The van der Waals surface area contributed by atoms with E-state index in [1.165, 1.54) is 0 Å². The number of amides is 1. The summed E-state index contributed by atoms with van der Waals surface area (Å²) >= 11 is 0. The maximum atomic E-state index is 12.6. The van der Waals surface area contributed by atoms with Crippen molar-refractivity contribution in [2.75, 3.05) is 0 Å². The molecule has 8 nitrogen and oxygen atoms in total. The minimum absolute atomic E-state index is 0.136. The van der Waals surface area contributed by atoms with Crippen LogP contribution >= 0.6 is 0 Å². The average molecular weight is 365 g/mol. The number of fused-ring (bicyclic) bond motifs is 1. The van der Waals surface area contributed by atoms with E-state index in [1.54, 1.807) is 6.92 Å². The molecule has 1 atom stereocenters. The normalized spacial score (nSPS) is 11.7. The SMILES string of the molecule is C[C@H](NC(=O)c1cc([N+](=O)[O-])cc([N+](=O)[O-])c1)c1cccc2ccccc12. The number of nitrogens with one attached hydrogen (secondary N) is 1. The molecule has 0 saturated carbocycles. The van der Waals surface area contributed by atoms with Crippen molar-refractivity contribution in [3.63, 3.8) is 0 Å². The molecule has 8 heteroatoms. The molecule has 3 aromatic carbocycles. The lowest BCUT2D eigenvalue weighted by Crippen LogP contribution is -2.27. The molecule has 27 heavy (non-hydrogen) atoms. The van der Waals surface area contributed by atoms with E-state index in [1.807, 2.05) is 42.5 Å². The Kier molecular flexibility index (Phi) is 4.80. The van der Waals surface area contributed by atoms with Crippen LogP contribution in [-0.2, 0) is 0 Å². The Hall–Kier alpha value is -3.81. The van der Waals surface area contributed by atoms with E-state index in [4.69, 9.17) is 0 Å². The second kappa shape index (κ2) is 7.20. The summed E-state index contributed by atoms with van der Waals surface area (Å²) in [6.45, 7) is 1.78. The zero-order chi connectivity index (χ0) is 19.6. The lowest BCUT2D eigenvalue weighted by Gasteiger charge is -2.16. The largest absolute Gasteiger partial charge is 0.345 e. The fourth-order valence-electron chi connectivity index (χ4n) is 2.92. The Morgan fingerprint density at radius 1 is 0.926 bits per heavy atom. The Morgan fingerprint density at radius 3 is 2.15 bits per heavy atom. The summed E-state index contributed by atoms with van der Waals surface area (Å²) in [5.41, 5.74) is -0.274. The summed E-state index contributed by atoms with van der Waals surface area (Å²) in [6, 6.07) is 15.9. The number of non-ortho nitro benzene ring substituents is 2. The minimum atomic E-state index is -0.766. The van der Waals surface area contributed by atoms with Crippen molar-refractivity contribution in [2.24, 2.45) is 0 Å². The fraction of sp³-hybridized carbons (Fsp3) is 0.105. The first kappa shape index (κ1) is 18.0.